The zero-order valence-electron chi connectivity index (χ0n) is 31.2. The van der Waals surface area contributed by atoms with E-state index in [1.165, 1.54) is 16.9 Å². The van der Waals surface area contributed by atoms with Crippen LogP contribution in [0.15, 0.2) is 65.6 Å². The number of rotatable bonds is 8. The first-order chi connectivity index (χ1) is 25.6. The Morgan fingerprint density at radius 2 is 1.49 bits per heavy atom. The molecular formula is C42H53N5O6. The second kappa shape index (κ2) is 30.4. The highest BCUT2D eigenvalue weighted by atomic mass is 16.5. The number of pyridine rings is 1. The Morgan fingerprint density at radius 3 is 2.08 bits per heavy atom. The molecule has 282 valence electrons. The van der Waals surface area contributed by atoms with E-state index in [0.717, 1.165) is 35.6 Å². The molecule has 5 rings (SSSR count). The van der Waals surface area contributed by atoms with E-state index in [1.54, 1.807) is 13.1 Å². The summed E-state index contributed by atoms with van der Waals surface area (Å²) in [5.41, 5.74) is 2.00. The number of fused-ring (bicyclic) bond motifs is 1. The summed E-state index contributed by atoms with van der Waals surface area (Å²) in [4.78, 5) is 63.5. The minimum Gasteiger partial charge on any atom is -0.460 e. The predicted octanol–water partition coefficient (Wildman–Crippen LogP) is 4.94. The molecule has 1 aromatic heterocycles. The Kier molecular flexibility index (Phi) is 27.9. The van der Waals surface area contributed by atoms with E-state index in [9.17, 15) is 24.0 Å². The number of amides is 4. The fraction of sp³-hybridized carbons (Fsp3) is 0.357. The van der Waals surface area contributed by atoms with Gasteiger partial charge in [-0.05, 0) is 62.6 Å². The van der Waals surface area contributed by atoms with E-state index in [1.807, 2.05) is 61.5 Å². The van der Waals surface area contributed by atoms with E-state index in [0.29, 0.717) is 13.0 Å². The van der Waals surface area contributed by atoms with E-state index in [4.69, 9.17) is 4.74 Å². The lowest BCUT2D eigenvalue weighted by molar-refractivity contribution is -0.143. The number of hydrogen-bond donors (Lipinski definition) is 4. The summed E-state index contributed by atoms with van der Waals surface area (Å²) >= 11 is 0. The first-order valence-corrected chi connectivity index (χ1v) is 16.9. The van der Waals surface area contributed by atoms with Gasteiger partial charge < -0.3 is 30.6 Å². The number of aryl methyl sites for hydroxylation is 1. The van der Waals surface area contributed by atoms with Gasteiger partial charge in [-0.1, -0.05) is 68.3 Å². The molecule has 3 aromatic rings. The van der Waals surface area contributed by atoms with Gasteiger partial charge in [-0.2, -0.15) is 0 Å². The van der Waals surface area contributed by atoms with Gasteiger partial charge in [-0.25, -0.2) is 4.79 Å². The molecule has 53 heavy (non-hydrogen) atoms. The monoisotopic (exact) mass is 723 g/mol. The summed E-state index contributed by atoms with van der Waals surface area (Å²) in [5.74, 6) is 1.23. The van der Waals surface area contributed by atoms with Gasteiger partial charge in [0.05, 0.1) is 6.54 Å². The molecule has 2 aliphatic rings. The van der Waals surface area contributed by atoms with Gasteiger partial charge in [0, 0.05) is 24.2 Å². The average molecular weight is 724 g/mol. The molecule has 0 spiro atoms. The van der Waals surface area contributed by atoms with Crippen molar-refractivity contribution in [2.24, 2.45) is 0 Å². The maximum Gasteiger partial charge on any atom is 0.325 e. The van der Waals surface area contributed by atoms with Crippen LogP contribution in [0.5, 0.6) is 0 Å². The Morgan fingerprint density at radius 1 is 0.906 bits per heavy atom. The third kappa shape index (κ3) is 20.7. The third-order valence-corrected chi connectivity index (χ3v) is 6.76. The van der Waals surface area contributed by atoms with Crippen LogP contribution in [0.2, 0.25) is 0 Å². The normalized spacial score (nSPS) is 12.8. The van der Waals surface area contributed by atoms with Crippen LogP contribution in [-0.2, 0) is 25.7 Å². The van der Waals surface area contributed by atoms with Crippen LogP contribution in [0.3, 0.4) is 0 Å². The minimum atomic E-state index is -0.645. The molecule has 1 saturated heterocycles. The van der Waals surface area contributed by atoms with E-state index < -0.39 is 18.0 Å². The standard InChI is InChI=1S/C20H26N4O5.C10H9NO.C3H8.C3H4.3C2H2/c25-17(24-10-4-7-16(24)19(27)23-15-8-9-15)11-21-20(28)22-12-18(26)29-13-14-5-2-1-3-6-14;1-7-2-3-9-8(6-7)4-5-11-10(9)12;2*1-3-2;3*1-2/h1-3,5-6,15-16H,4,7-13H2,(H,23,27)(H2,21,22,28);2-6H,1H3,(H,11,12);3H2,1-2H3;1H,2H3;3*1-2H/t16-;;;;;;/m0....../s1. The number of carbonyl (C=O) groups is 4. The highest BCUT2D eigenvalue weighted by Crippen LogP contribution is 2.22. The Balaban J connectivity index is 0. The highest BCUT2D eigenvalue weighted by molar-refractivity contribution is 5.91. The molecule has 1 aliphatic carbocycles. The lowest BCUT2D eigenvalue weighted by atomic mass is 10.1. The summed E-state index contributed by atoms with van der Waals surface area (Å²) < 4.78 is 5.06. The fourth-order valence-electron chi connectivity index (χ4n) is 4.44. The predicted molar refractivity (Wildman–Crippen MR) is 213 cm³/mol. The molecule has 11 nitrogen and oxygen atoms in total. The summed E-state index contributed by atoms with van der Waals surface area (Å²) in [6.07, 6.45) is 34.9. The maximum atomic E-state index is 12.4. The lowest BCUT2D eigenvalue weighted by Crippen LogP contribution is -2.50. The fourth-order valence-corrected chi connectivity index (χ4v) is 4.44. The molecule has 2 fully saturated rings. The molecule has 1 saturated carbocycles. The van der Waals surface area contributed by atoms with Crippen molar-refractivity contribution in [2.75, 3.05) is 19.6 Å². The molecule has 4 amide bonds. The highest BCUT2D eigenvalue weighted by Gasteiger charge is 2.36. The summed E-state index contributed by atoms with van der Waals surface area (Å²) in [7, 11) is 0. The van der Waals surface area contributed by atoms with Crippen LogP contribution in [-0.4, -0.2) is 65.4 Å². The number of esters is 1. The van der Waals surface area contributed by atoms with E-state index >= 15 is 0 Å². The van der Waals surface area contributed by atoms with Gasteiger partial charge >= 0.3 is 12.0 Å². The summed E-state index contributed by atoms with van der Waals surface area (Å²) in [5, 5.41) is 9.45. The number of aromatic nitrogens is 1. The summed E-state index contributed by atoms with van der Waals surface area (Å²) in [6, 6.07) is 16.0. The molecule has 11 heteroatoms. The van der Waals surface area contributed by atoms with Crippen molar-refractivity contribution in [3.8, 4) is 50.9 Å². The van der Waals surface area contributed by atoms with E-state index in [-0.39, 0.29) is 43.1 Å². The van der Waals surface area contributed by atoms with Crippen LogP contribution in [0.1, 0.15) is 64.0 Å². The van der Waals surface area contributed by atoms with Crippen LogP contribution >= 0.6 is 0 Å². The number of nitrogens with one attached hydrogen (secondary N) is 4. The van der Waals surface area contributed by atoms with Crippen molar-refractivity contribution in [3.05, 3.63) is 82.3 Å². The van der Waals surface area contributed by atoms with Crippen LogP contribution in [0.25, 0.3) is 10.8 Å². The zero-order chi connectivity index (χ0) is 40.6. The maximum absolute atomic E-state index is 12.4. The van der Waals surface area contributed by atoms with Crippen LogP contribution in [0.4, 0.5) is 4.79 Å². The number of carbonyl (C=O) groups excluding carboxylic acids is 4. The molecule has 1 atom stereocenters. The Bertz CT molecular complexity index is 1670. The smallest absolute Gasteiger partial charge is 0.325 e. The molecule has 1 aliphatic heterocycles. The van der Waals surface area contributed by atoms with Gasteiger partial charge in [0.2, 0.25) is 11.8 Å². The van der Waals surface area contributed by atoms with Crippen molar-refractivity contribution >= 4 is 34.6 Å². The van der Waals surface area contributed by atoms with Crippen molar-refractivity contribution in [2.45, 2.75) is 78.5 Å². The summed E-state index contributed by atoms with van der Waals surface area (Å²) in [6.45, 7) is 8.00. The number of urea groups is 1. The number of aromatic amines is 1. The zero-order valence-corrected chi connectivity index (χ0v) is 31.2. The van der Waals surface area contributed by atoms with Crippen LogP contribution < -0.4 is 21.5 Å². The Labute approximate surface area is 315 Å². The second-order valence-electron chi connectivity index (χ2n) is 11.1. The molecule has 2 aromatic carbocycles. The number of H-pyrrole nitrogens is 1. The van der Waals surface area contributed by atoms with Gasteiger partial charge in [0.1, 0.15) is 19.2 Å². The largest absolute Gasteiger partial charge is 0.460 e. The van der Waals surface area contributed by atoms with Gasteiger partial charge in [0.25, 0.3) is 5.56 Å². The number of terminal acetylenes is 4. The molecule has 2 heterocycles. The molecule has 0 unspecified atom stereocenters. The number of benzene rings is 2. The van der Waals surface area contributed by atoms with Crippen molar-refractivity contribution in [3.63, 3.8) is 0 Å². The van der Waals surface area contributed by atoms with Gasteiger partial charge in [-0.3, -0.25) is 19.2 Å². The number of likely N-dealkylation sites (tertiary alicyclic amines) is 1. The van der Waals surface area contributed by atoms with Crippen molar-refractivity contribution in [1.29, 1.82) is 0 Å². The average Bonchev–Trinajstić information content (AvgIpc) is 3.86. The third-order valence-electron chi connectivity index (χ3n) is 6.76. The minimum absolute atomic E-state index is 0.0208. The van der Waals surface area contributed by atoms with E-state index in [2.05, 4.69) is 85.7 Å². The Hall–Kier alpha value is -6.43. The second-order valence-corrected chi connectivity index (χ2v) is 11.1. The molecule has 0 radical (unpaired) electrons. The number of ether oxygens (including phenoxy) is 1. The quantitative estimate of drug-likeness (QED) is 0.191. The number of hydrogen-bond acceptors (Lipinski definition) is 6. The van der Waals surface area contributed by atoms with Crippen molar-refractivity contribution in [1.82, 2.24) is 25.8 Å². The number of nitrogens with zero attached hydrogens (tertiary/aromatic N) is 1. The van der Waals surface area contributed by atoms with Crippen LogP contribution in [0, 0.1) is 57.8 Å². The SMILES string of the molecule is C#C.C#C.C#C.C#CC.CCC.Cc1ccc2c(=O)[nH]ccc2c1.O=C(NCC(=O)OCc1ccccc1)NCC(=O)N1CCC[C@H]1C(=O)NC1CC1. The molecular weight excluding hydrogens is 670 g/mol. The first-order valence-electron chi connectivity index (χ1n) is 16.9. The molecule has 4 N–H and O–H groups in total. The molecule has 0 bridgehead atoms. The van der Waals surface area contributed by atoms with Crippen molar-refractivity contribution < 1.29 is 23.9 Å². The van der Waals surface area contributed by atoms with Gasteiger partial charge in [-0.15, -0.1) is 50.9 Å². The first kappa shape index (κ1) is 48.7. The van der Waals surface area contributed by atoms with Gasteiger partial charge in [0.15, 0.2) is 0 Å². The lowest BCUT2D eigenvalue weighted by Gasteiger charge is -2.24. The topological polar surface area (TPSA) is 150 Å².